The first-order chi connectivity index (χ1) is 22.3. The first kappa shape index (κ1) is 32.2. The molecule has 3 amide bonds. The van der Waals surface area contributed by atoms with Gasteiger partial charge in [-0.2, -0.15) is 0 Å². The number of halogens is 2. The summed E-state index contributed by atoms with van der Waals surface area (Å²) >= 11 is 7.55. The van der Waals surface area contributed by atoms with Gasteiger partial charge in [0.1, 0.15) is 16.8 Å². The van der Waals surface area contributed by atoms with Crippen LogP contribution in [0.1, 0.15) is 32.3 Å². The molecule has 5 aromatic carbocycles. The topological polar surface area (TPSA) is 87.3 Å². The molecule has 0 aliphatic heterocycles. The number of carbonyl (C=O) groups excluding carboxylic acids is 3. The highest BCUT2D eigenvalue weighted by atomic mass is 35.5. The van der Waals surface area contributed by atoms with Crippen molar-refractivity contribution in [1.29, 1.82) is 0 Å². The van der Waals surface area contributed by atoms with Crippen molar-refractivity contribution in [3.8, 4) is 0 Å². The van der Waals surface area contributed by atoms with E-state index in [0.717, 1.165) is 11.1 Å². The van der Waals surface area contributed by atoms with Gasteiger partial charge in [-0.05, 0) is 78.7 Å². The number of hydrogen-bond acceptors (Lipinski definition) is 4. The summed E-state index contributed by atoms with van der Waals surface area (Å²) in [5.74, 6) is -2.10. The minimum Gasteiger partial charge on any atom is -0.325 e. The lowest BCUT2D eigenvalue weighted by Gasteiger charge is -2.18. The highest BCUT2D eigenvalue weighted by Gasteiger charge is 2.23. The highest BCUT2D eigenvalue weighted by Crippen LogP contribution is 2.37. The lowest BCUT2D eigenvalue weighted by atomic mass is 10.1. The molecule has 9 heteroatoms. The molecule has 5 rings (SSSR count). The fourth-order valence-corrected chi connectivity index (χ4v) is 5.85. The molecule has 46 heavy (non-hydrogen) atoms. The van der Waals surface area contributed by atoms with Gasteiger partial charge in [0.25, 0.3) is 11.8 Å². The van der Waals surface area contributed by atoms with Crippen LogP contribution in [-0.2, 0) is 9.59 Å². The maximum atomic E-state index is 14.7. The van der Waals surface area contributed by atoms with Crippen molar-refractivity contribution in [2.75, 3.05) is 10.6 Å². The van der Waals surface area contributed by atoms with Crippen molar-refractivity contribution in [3.63, 3.8) is 0 Å². The van der Waals surface area contributed by atoms with E-state index in [1.54, 1.807) is 48.5 Å². The summed E-state index contributed by atoms with van der Waals surface area (Å²) in [6.45, 7) is 1.96. The van der Waals surface area contributed by atoms with Crippen LogP contribution in [0.3, 0.4) is 0 Å². The van der Waals surface area contributed by atoms with Crippen molar-refractivity contribution in [2.24, 2.45) is 0 Å². The Hall–Kier alpha value is -5.18. The van der Waals surface area contributed by atoms with Crippen molar-refractivity contribution < 1.29 is 18.8 Å². The lowest BCUT2D eigenvalue weighted by Crippen LogP contribution is -2.30. The second-order valence-corrected chi connectivity index (χ2v) is 11.8. The summed E-state index contributed by atoms with van der Waals surface area (Å²) in [5.41, 5.74) is 2.99. The summed E-state index contributed by atoms with van der Waals surface area (Å²) in [6, 6.07) is 36.5. The van der Waals surface area contributed by atoms with Crippen LogP contribution in [0.5, 0.6) is 0 Å². The molecule has 6 nitrogen and oxygen atoms in total. The summed E-state index contributed by atoms with van der Waals surface area (Å²) in [4.78, 5) is 40.8. The smallest absolute Gasteiger partial charge is 0.272 e. The maximum Gasteiger partial charge on any atom is 0.272 e. The largest absolute Gasteiger partial charge is 0.325 e. The average molecular weight is 650 g/mol. The van der Waals surface area contributed by atoms with Crippen LogP contribution in [0.25, 0.3) is 6.08 Å². The minimum atomic E-state index is -0.692. The molecule has 0 aliphatic carbocycles. The second kappa shape index (κ2) is 15.2. The van der Waals surface area contributed by atoms with Gasteiger partial charge in [-0.1, -0.05) is 84.4 Å². The van der Waals surface area contributed by atoms with Gasteiger partial charge in [-0.25, -0.2) is 4.39 Å². The molecular formula is C37H29ClFN3O3S. The maximum absolute atomic E-state index is 14.7. The molecule has 230 valence electrons. The summed E-state index contributed by atoms with van der Waals surface area (Å²) < 4.78 is 14.7. The first-order valence-corrected chi connectivity index (χ1v) is 15.6. The zero-order valence-electron chi connectivity index (χ0n) is 24.7. The van der Waals surface area contributed by atoms with Crippen LogP contribution in [-0.4, -0.2) is 17.7 Å². The van der Waals surface area contributed by atoms with Gasteiger partial charge in [-0.3, -0.25) is 14.4 Å². The molecule has 0 heterocycles. The summed E-state index contributed by atoms with van der Waals surface area (Å²) in [7, 11) is 0. The molecule has 3 N–H and O–H groups in total. The third-order valence-corrected chi connectivity index (χ3v) is 8.37. The molecule has 0 fully saturated rings. The number of anilines is 2. The fraction of sp³-hybridized carbons (Fsp3) is 0.0541. The van der Waals surface area contributed by atoms with Gasteiger partial charge in [-0.15, -0.1) is 11.8 Å². The Bertz CT molecular complexity index is 1880. The van der Waals surface area contributed by atoms with Crippen LogP contribution < -0.4 is 16.0 Å². The molecule has 0 saturated heterocycles. The van der Waals surface area contributed by atoms with E-state index in [0.29, 0.717) is 21.8 Å². The first-order valence-electron chi connectivity index (χ1n) is 14.3. The molecule has 0 spiro atoms. The molecular weight excluding hydrogens is 621 g/mol. The number of hydrogen-bond donors (Lipinski definition) is 3. The zero-order valence-corrected chi connectivity index (χ0v) is 26.2. The van der Waals surface area contributed by atoms with E-state index in [1.165, 1.54) is 36.0 Å². The van der Waals surface area contributed by atoms with Crippen molar-refractivity contribution in [3.05, 3.63) is 166 Å². The highest BCUT2D eigenvalue weighted by molar-refractivity contribution is 8.00. The Morgan fingerprint density at radius 1 is 0.761 bits per heavy atom. The van der Waals surface area contributed by atoms with E-state index < -0.39 is 22.9 Å². The Morgan fingerprint density at radius 3 is 2.11 bits per heavy atom. The Morgan fingerprint density at radius 2 is 1.41 bits per heavy atom. The van der Waals surface area contributed by atoms with Gasteiger partial charge >= 0.3 is 0 Å². The van der Waals surface area contributed by atoms with Crippen LogP contribution in [0.2, 0.25) is 5.02 Å². The van der Waals surface area contributed by atoms with E-state index >= 15 is 0 Å². The summed E-state index contributed by atoms with van der Waals surface area (Å²) in [6.07, 6.45) is 1.20. The predicted octanol–water partition coefficient (Wildman–Crippen LogP) is 8.67. The van der Waals surface area contributed by atoms with Crippen LogP contribution in [0, 0.1) is 12.7 Å². The second-order valence-electron chi connectivity index (χ2n) is 10.3. The van der Waals surface area contributed by atoms with Gasteiger partial charge in [0.05, 0.1) is 5.02 Å². The molecule has 0 radical (unpaired) electrons. The van der Waals surface area contributed by atoms with Crippen LogP contribution >= 0.6 is 23.4 Å². The molecule has 0 aliphatic rings. The number of carbonyl (C=O) groups is 3. The molecule has 0 aromatic heterocycles. The number of nitrogens with one attached hydrogen (secondary N) is 3. The summed E-state index contributed by atoms with van der Waals surface area (Å²) in [5, 5.41) is 7.86. The van der Waals surface area contributed by atoms with Crippen molar-refractivity contribution in [2.45, 2.75) is 17.1 Å². The van der Waals surface area contributed by atoms with E-state index in [2.05, 4.69) is 16.0 Å². The van der Waals surface area contributed by atoms with E-state index in [4.69, 9.17) is 11.6 Å². The third-order valence-electron chi connectivity index (χ3n) is 6.79. The molecule has 1 atom stereocenters. The standard InChI is InChI=1S/C37H29ClFN3O3S/c1-24-11-8-16-27(21-24)41-37(45)34(25-12-4-2-5-13-25)46-29-18-9-17-28(22-29)40-36(44)33(23-30-31(38)19-10-20-32(30)39)42-35(43)26-14-6-3-7-15-26/h2-23,34H,1H3,(H,40,44)(H,41,45)(H,42,43)/b33-23+. The molecule has 1 unspecified atom stereocenters. The Balaban J connectivity index is 1.40. The van der Waals surface area contributed by atoms with Crippen LogP contribution in [0.4, 0.5) is 15.8 Å². The fourth-order valence-electron chi connectivity index (χ4n) is 4.55. The minimum absolute atomic E-state index is 0.0442. The molecule has 0 bridgehead atoms. The number of aryl methyl sites for hydroxylation is 1. The predicted molar refractivity (Wildman–Crippen MR) is 183 cm³/mol. The van der Waals surface area contributed by atoms with Gasteiger partial charge < -0.3 is 16.0 Å². The zero-order chi connectivity index (χ0) is 32.5. The normalized spacial score (nSPS) is 11.8. The van der Waals surface area contributed by atoms with Crippen LogP contribution in [0.15, 0.2) is 138 Å². The lowest BCUT2D eigenvalue weighted by molar-refractivity contribution is -0.116. The van der Waals surface area contributed by atoms with E-state index in [-0.39, 0.29) is 22.2 Å². The van der Waals surface area contributed by atoms with Crippen molar-refractivity contribution >= 4 is 58.5 Å². The van der Waals surface area contributed by atoms with E-state index in [9.17, 15) is 18.8 Å². The Kier molecular flexibility index (Phi) is 10.7. The van der Waals surface area contributed by atoms with Gasteiger partial charge in [0.2, 0.25) is 5.91 Å². The molecule has 5 aromatic rings. The van der Waals surface area contributed by atoms with E-state index in [1.807, 2.05) is 67.6 Å². The van der Waals surface area contributed by atoms with Crippen molar-refractivity contribution in [1.82, 2.24) is 5.32 Å². The monoisotopic (exact) mass is 649 g/mol. The number of amides is 3. The number of rotatable bonds is 10. The van der Waals surface area contributed by atoms with Gasteiger partial charge in [0, 0.05) is 27.4 Å². The Labute approximate surface area is 275 Å². The SMILES string of the molecule is Cc1cccc(NC(=O)C(Sc2cccc(NC(=O)/C(=C\c3c(F)cccc3Cl)NC(=O)c3ccccc3)c2)c2ccccc2)c1. The third kappa shape index (κ3) is 8.50. The molecule has 0 saturated carbocycles. The average Bonchev–Trinajstić information content (AvgIpc) is 3.05. The number of thioether (sulfide) groups is 1. The van der Waals surface area contributed by atoms with Gasteiger partial charge in [0.15, 0.2) is 0 Å². The number of benzene rings is 5. The quantitative estimate of drug-likeness (QED) is 0.104.